The van der Waals surface area contributed by atoms with Gasteiger partial charge in [0.25, 0.3) is 5.95 Å². The highest BCUT2D eigenvalue weighted by atomic mass is 15.4. The van der Waals surface area contributed by atoms with E-state index in [4.69, 9.17) is 0 Å². The highest BCUT2D eigenvalue weighted by Gasteiger charge is 2.09. The van der Waals surface area contributed by atoms with Crippen LogP contribution in [0.25, 0.3) is 5.95 Å². The van der Waals surface area contributed by atoms with Gasteiger partial charge in [0.1, 0.15) is 18.5 Å². The Morgan fingerprint density at radius 2 is 2.14 bits per heavy atom. The highest BCUT2D eigenvalue weighted by Crippen LogP contribution is 2.09. The summed E-state index contributed by atoms with van der Waals surface area (Å²) in [6, 6.07) is 3.87. The normalized spacial score (nSPS) is 10.5. The first-order valence-corrected chi connectivity index (χ1v) is 6.58. The lowest BCUT2D eigenvalue weighted by molar-refractivity contribution is 0.772. The van der Waals surface area contributed by atoms with Crippen molar-refractivity contribution in [1.29, 1.82) is 0 Å². The number of rotatable bonds is 5. The fourth-order valence-electron chi connectivity index (χ4n) is 1.82. The molecule has 0 spiro atoms. The summed E-state index contributed by atoms with van der Waals surface area (Å²) in [6.07, 6.45) is 7.11. The lowest BCUT2D eigenvalue weighted by atomic mass is 10.2. The average molecular weight is 282 g/mol. The molecule has 0 saturated carbocycles. The molecule has 0 unspecified atom stereocenters. The highest BCUT2D eigenvalue weighted by molar-refractivity contribution is 5.29. The van der Waals surface area contributed by atoms with E-state index in [-0.39, 0.29) is 0 Å². The molecule has 1 N–H and O–H groups in total. The first-order chi connectivity index (χ1) is 10.3. The molecule has 0 aliphatic heterocycles. The molecular formula is C13H14N8. The average Bonchev–Trinajstić information content (AvgIpc) is 3.03. The molecule has 3 rings (SSSR count). The van der Waals surface area contributed by atoms with Gasteiger partial charge in [-0.3, -0.25) is 4.98 Å². The zero-order chi connectivity index (χ0) is 14.5. The number of nitrogens with one attached hydrogen (secondary N) is 1. The van der Waals surface area contributed by atoms with E-state index in [2.05, 4.69) is 35.3 Å². The molecule has 0 aliphatic rings. The second kappa shape index (κ2) is 6.04. The van der Waals surface area contributed by atoms with E-state index in [1.165, 1.54) is 11.0 Å². The topological polar surface area (TPSA) is 94.3 Å². The van der Waals surface area contributed by atoms with Gasteiger partial charge in [-0.1, -0.05) is 6.07 Å². The lowest BCUT2D eigenvalue weighted by Gasteiger charge is -2.07. The number of hydrogen-bond donors (Lipinski definition) is 1. The van der Waals surface area contributed by atoms with Crippen LogP contribution >= 0.6 is 0 Å². The van der Waals surface area contributed by atoms with E-state index in [0.717, 1.165) is 12.1 Å². The fraction of sp³-hybridized carbons (Fsp3) is 0.231. The van der Waals surface area contributed by atoms with Crippen molar-refractivity contribution in [3.05, 3.63) is 48.6 Å². The van der Waals surface area contributed by atoms with Gasteiger partial charge in [0.15, 0.2) is 0 Å². The Hall–Kier alpha value is -2.90. The van der Waals surface area contributed by atoms with E-state index in [1.807, 2.05) is 19.1 Å². The predicted molar refractivity (Wildman–Crippen MR) is 76.0 cm³/mol. The third-order valence-corrected chi connectivity index (χ3v) is 2.71. The van der Waals surface area contributed by atoms with Gasteiger partial charge in [-0.15, -0.1) is 0 Å². The van der Waals surface area contributed by atoms with Crippen molar-refractivity contribution in [1.82, 2.24) is 34.7 Å². The zero-order valence-electron chi connectivity index (χ0n) is 11.5. The standard InChI is InChI=1S/C13H14N8/c1-2-16-12-18-11(6-10-4-3-5-14-7-10)19-13(20-12)21-9-15-8-17-21/h3-5,7-9H,2,6H2,1H3,(H,16,18,19,20). The molecule has 3 heterocycles. The molecule has 0 aliphatic carbocycles. The minimum Gasteiger partial charge on any atom is -0.354 e. The van der Waals surface area contributed by atoms with E-state index in [1.54, 1.807) is 18.7 Å². The predicted octanol–water partition coefficient (Wildman–Crippen LogP) is 0.870. The first-order valence-electron chi connectivity index (χ1n) is 6.58. The Bertz CT molecular complexity index is 695. The molecule has 0 atom stereocenters. The third kappa shape index (κ3) is 3.16. The maximum Gasteiger partial charge on any atom is 0.257 e. The van der Waals surface area contributed by atoms with Crippen LogP contribution in [0, 0.1) is 0 Å². The summed E-state index contributed by atoms with van der Waals surface area (Å²) in [7, 11) is 0. The fourth-order valence-corrected chi connectivity index (χ4v) is 1.82. The number of nitrogens with zero attached hydrogens (tertiary/aromatic N) is 7. The number of aromatic nitrogens is 7. The molecule has 8 nitrogen and oxygen atoms in total. The Morgan fingerprint density at radius 1 is 1.19 bits per heavy atom. The van der Waals surface area contributed by atoms with Crippen LogP contribution in [0.3, 0.4) is 0 Å². The van der Waals surface area contributed by atoms with Gasteiger partial charge in [-0.2, -0.15) is 24.7 Å². The molecule has 106 valence electrons. The Morgan fingerprint density at radius 3 is 2.86 bits per heavy atom. The molecule has 0 saturated heterocycles. The minimum absolute atomic E-state index is 0.442. The molecule has 0 amide bonds. The molecule has 0 aromatic carbocycles. The number of pyridine rings is 1. The SMILES string of the molecule is CCNc1nc(Cc2cccnc2)nc(-n2cncn2)n1. The second-order valence-corrected chi connectivity index (χ2v) is 4.28. The summed E-state index contributed by atoms with van der Waals surface area (Å²) in [5, 5.41) is 7.15. The minimum atomic E-state index is 0.442. The van der Waals surface area contributed by atoms with Crippen LogP contribution in [0.4, 0.5) is 5.95 Å². The molecule has 0 bridgehead atoms. The molecule has 0 fully saturated rings. The second-order valence-electron chi connectivity index (χ2n) is 4.28. The van der Waals surface area contributed by atoms with Crippen molar-refractivity contribution in [2.45, 2.75) is 13.3 Å². The van der Waals surface area contributed by atoms with E-state index < -0.39 is 0 Å². The van der Waals surface area contributed by atoms with Gasteiger partial charge in [-0.25, -0.2) is 4.98 Å². The largest absolute Gasteiger partial charge is 0.354 e. The Kier molecular flexibility index (Phi) is 3.77. The van der Waals surface area contributed by atoms with Crippen LogP contribution in [0.1, 0.15) is 18.3 Å². The van der Waals surface area contributed by atoms with Gasteiger partial charge in [-0.05, 0) is 18.6 Å². The van der Waals surface area contributed by atoms with Gasteiger partial charge in [0.05, 0.1) is 0 Å². The maximum absolute atomic E-state index is 4.42. The van der Waals surface area contributed by atoms with Crippen molar-refractivity contribution in [3.63, 3.8) is 0 Å². The van der Waals surface area contributed by atoms with E-state index in [0.29, 0.717) is 24.1 Å². The van der Waals surface area contributed by atoms with Gasteiger partial charge in [0.2, 0.25) is 5.95 Å². The molecule has 3 aromatic rings. The van der Waals surface area contributed by atoms with Gasteiger partial charge < -0.3 is 5.32 Å². The summed E-state index contributed by atoms with van der Waals surface area (Å²) in [6.45, 7) is 2.72. The first kappa shape index (κ1) is 13.1. The van der Waals surface area contributed by atoms with Crippen molar-refractivity contribution in [2.24, 2.45) is 0 Å². The van der Waals surface area contributed by atoms with Crippen LogP contribution in [0.15, 0.2) is 37.2 Å². The van der Waals surface area contributed by atoms with E-state index in [9.17, 15) is 0 Å². The number of hydrogen-bond acceptors (Lipinski definition) is 7. The lowest BCUT2D eigenvalue weighted by Crippen LogP contribution is -2.12. The molecule has 0 radical (unpaired) electrons. The Balaban J connectivity index is 1.95. The van der Waals surface area contributed by atoms with Crippen molar-refractivity contribution >= 4 is 5.95 Å². The molecular weight excluding hydrogens is 268 g/mol. The number of anilines is 1. The van der Waals surface area contributed by atoms with Crippen molar-refractivity contribution in [2.75, 3.05) is 11.9 Å². The smallest absolute Gasteiger partial charge is 0.257 e. The van der Waals surface area contributed by atoms with Gasteiger partial charge in [0, 0.05) is 25.4 Å². The monoisotopic (exact) mass is 282 g/mol. The molecule has 8 heteroatoms. The zero-order valence-corrected chi connectivity index (χ0v) is 11.5. The van der Waals surface area contributed by atoms with Crippen LogP contribution in [-0.2, 0) is 6.42 Å². The third-order valence-electron chi connectivity index (χ3n) is 2.71. The van der Waals surface area contributed by atoms with Gasteiger partial charge >= 0.3 is 0 Å². The van der Waals surface area contributed by atoms with Crippen LogP contribution < -0.4 is 5.32 Å². The van der Waals surface area contributed by atoms with Crippen molar-refractivity contribution < 1.29 is 0 Å². The van der Waals surface area contributed by atoms with Crippen LogP contribution in [0.2, 0.25) is 0 Å². The molecule has 21 heavy (non-hydrogen) atoms. The van der Waals surface area contributed by atoms with Crippen LogP contribution in [0.5, 0.6) is 0 Å². The Labute approximate surface area is 121 Å². The summed E-state index contributed by atoms with van der Waals surface area (Å²) >= 11 is 0. The maximum atomic E-state index is 4.42. The van der Waals surface area contributed by atoms with Crippen LogP contribution in [-0.4, -0.2) is 41.2 Å². The summed E-state index contributed by atoms with van der Waals surface area (Å²) in [5.41, 5.74) is 1.04. The van der Waals surface area contributed by atoms with E-state index >= 15 is 0 Å². The quantitative estimate of drug-likeness (QED) is 0.742. The summed E-state index contributed by atoms with van der Waals surface area (Å²) < 4.78 is 1.51. The summed E-state index contributed by atoms with van der Waals surface area (Å²) in [5.74, 6) is 1.62. The van der Waals surface area contributed by atoms with Crippen molar-refractivity contribution in [3.8, 4) is 5.95 Å². The summed E-state index contributed by atoms with van der Waals surface area (Å²) in [4.78, 5) is 21.2. The molecule has 3 aromatic heterocycles.